The van der Waals surface area contributed by atoms with Crippen LogP contribution < -0.4 is 4.90 Å². The molecule has 1 aromatic carbocycles. The monoisotopic (exact) mass is 313 g/mol. The van der Waals surface area contributed by atoms with Crippen LogP contribution in [0.15, 0.2) is 18.2 Å². The Morgan fingerprint density at radius 1 is 1.45 bits per heavy atom. The highest BCUT2D eigenvalue weighted by molar-refractivity contribution is 6.14. The summed E-state index contributed by atoms with van der Waals surface area (Å²) in [5.41, 5.74) is -1.21. The zero-order valence-electron chi connectivity index (χ0n) is 12.0. The van der Waals surface area contributed by atoms with Crippen LogP contribution in [0, 0.1) is 17.7 Å². The molecule has 0 N–H and O–H groups in total. The summed E-state index contributed by atoms with van der Waals surface area (Å²) in [7, 11) is 1.43. The zero-order valence-corrected chi connectivity index (χ0v) is 12.0. The Balaban J connectivity index is 2.15. The molecule has 0 radical (unpaired) electrons. The van der Waals surface area contributed by atoms with Gasteiger partial charge in [0, 0.05) is 12.7 Å². The van der Waals surface area contributed by atoms with Crippen LogP contribution in [-0.2, 0) is 19.7 Å². The van der Waals surface area contributed by atoms with Gasteiger partial charge in [0.15, 0.2) is 0 Å². The Labute approximate surface area is 124 Å². The summed E-state index contributed by atoms with van der Waals surface area (Å²) >= 11 is 0. The van der Waals surface area contributed by atoms with Crippen molar-refractivity contribution in [2.45, 2.75) is 18.8 Å². The van der Waals surface area contributed by atoms with E-state index >= 15 is 0 Å². The predicted octanol–water partition coefficient (Wildman–Crippen LogP) is 2.11. The molecule has 118 valence electrons. The van der Waals surface area contributed by atoms with Gasteiger partial charge in [-0.25, -0.2) is 13.2 Å². The van der Waals surface area contributed by atoms with Crippen LogP contribution in [0.25, 0.3) is 0 Å². The summed E-state index contributed by atoms with van der Waals surface area (Å²) in [6.07, 6.45) is -2.87. The second-order valence-electron chi connectivity index (χ2n) is 5.48. The molecule has 1 spiro atoms. The molecule has 1 aromatic rings. The van der Waals surface area contributed by atoms with Crippen LogP contribution in [0.3, 0.4) is 0 Å². The minimum Gasteiger partial charge on any atom is -0.466 e. The number of halogens is 3. The lowest BCUT2D eigenvalue weighted by atomic mass is 9.93. The fourth-order valence-corrected chi connectivity index (χ4v) is 3.58. The van der Waals surface area contributed by atoms with E-state index in [1.54, 1.807) is 6.92 Å². The number of anilines is 1. The number of nitrogens with zero attached hydrogens (tertiary/aromatic N) is 1. The first-order valence-electron chi connectivity index (χ1n) is 6.90. The second kappa shape index (κ2) is 4.72. The molecule has 2 aliphatic rings. The molecule has 3 atom stereocenters. The maximum absolute atomic E-state index is 13.6. The van der Waals surface area contributed by atoms with Gasteiger partial charge in [0.1, 0.15) is 5.82 Å². The van der Waals surface area contributed by atoms with E-state index in [0.717, 1.165) is 12.1 Å². The predicted molar refractivity (Wildman–Crippen MR) is 71.1 cm³/mol. The van der Waals surface area contributed by atoms with Crippen molar-refractivity contribution in [2.75, 3.05) is 18.6 Å². The van der Waals surface area contributed by atoms with Crippen molar-refractivity contribution in [1.29, 1.82) is 0 Å². The molecule has 1 aliphatic heterocycles. The van der Waals surface area contributed by atoms with Gasteiger partial charge in [-0.2, -0.15) is 0 Å². The minimum atomic E-state index is -2.87. The fourth-order valence-electron chi connectivity index (χ4n) is 3.58. The molecular formula is C15H14F3NO3. The lowest BCUT2D eigenvalue weighted by Gasteiger charge is -2.11. The molecule has 1 fully saturated rings. The molecule has 0 unspecified atom stereocenters. The average molecular weight is 313 g/mol. The Hall–Kier alpha value is -2.05. The molecule has 22 heavy (non-hydrogen) atoms. The first-order valence-corrected chi connectivity index (χ1v) is 6.90. The smallest absolute Gasteiger partial charge is 0.310 e. The number of hydrogen-bond donors (Lipinski definition) is 0. The van der Waals surface area contributed by atoms with Crippen molar-refractivity contribution in [3.63, 3.8) is 0 Å². The normalized spacial score (nSPS) is 29.2. The lowest BCUT2D eigenvalue weighted by Crippen LogP contribution is -2.32. The highest BCUT2D eigenvalue weighted by atomic mass is 19.3. The maximum atomic E-state index is 13.6. The van der Waals surface area contributed by atoms with Gasteiger partial charge in [0.2, 0.25) is 12.3 Å². The summed E-state index contributed by atoms with van der Waals surface area (Å²) in [5, 5.41) is 0. The van der Waals surface area contributed by atoms with E-state index in [1.165, 1.54) is 18.0 Å². The zero-order chi connectivity index (χ0) is 16.2. The highest BCUT2D eigenvalue weighted by Gasteiger charge is 2.80. The Morgan fingerprint density at radius 2 is 2.14 bits per heavy atom. The van der Waals surface area contributed by atoms with E-state index in [4.69, 9.17) is 4.74 Å². The number of fused-ring (bicyclic) bond motifs is 2. The van der Waals surface area contributed by atoms with Gasteiger partial charge in [0.05, 0.1) is 23.9 Å². The third kappa shape index (κ3) is 1.65. The SMILES string of the molecule is CCOC(=O)[C@H]1[C@H](C(F)F)[C@]12C(=O)N(C)c1ccc(F)cc12. The highest BCUT2D eigenvalue weighted by Crippen LogP contribution is 2.68. The van der Waals surface area contributed by atoms with Gasteiger partial charge in [0.25, 0.3) is 0 Å². The van der Waals surface area contributed by atoms with Crippen LogP contribution in [0.1, 0.15) is 12.5 Å². The number of carbonyl (C=O) groups is 2. The molecule has 1 aliphatic carbocycles. The summed E-state index contributed by atoms with van der Waals surface area (Å²) in [6, 6.07) is 3.58. The second-order valence-corrected chi connectivity index (χ2v) is 5.48. The molecule has 7 heteroatoms. The molecule has 0 bridgehead atoms. The van der Waals surface area contributed by atoms with Gasteiger partial charge < -0.3 is 9.64 Å². The standard InChI is InChI=1S/C15H14F3NO3/c1-3-22-13(20)11-10(12(17)18)15(11)8-6-7(16)4-5-9(8)19(2)14(15)21/h4-6,10-12H,3H2,1-2H3/t10-,11-,15+/m1/s1. The number of benzene rings is 1. The number of esters is 1. The summed E-state index contributed by atoms with van der Waals surface area (Å²) in [4.78, 5) is 25.8. The maximum Gasteiger partial charge on any atom is 0.310 e. The van der Waals surface area contributed by atoms with E-state index in [9.17, 15) is 22.8 Å². The van der Waals surface area contributed by atoms with Crippen LogP contribution in [0.4, 0.5) is 18.9 Å². The largest absolute Gasteiger partial charge is 0.466 e. The van der Waals surface area contributed by atoms with Gasteiger partial charge in [-0.3, -0.25) is 9.59 Å². The quantitative estimate of drug-likeness (QED) is 0.803. The molecule has 1 saturated carbocycles. The summed E-state index contributed by atoms with van der Waals surface area (Å²) in [5.74, 6) is -4.85. The number of amides is 1. The number of alkyl halides is 2. The van der Waals surface area contributed by atoms with Crippen molar-refractivity contribution < 1.29 is 27.5 Å². The van der Waals surface area contributed by atoms with Gasteiger partial charge in [-0.05, 0) is 30.7 Å². The molecule has 1 heterocycles. The van der Waals surface area contributed by atoms with Crippen LogP contribution in [-0.4, -0.2) is 32.0 Å². The summed E-state index contributed by atoms with van der Waals surface area (Å²) < 4.78 is 45.2. The van der Waals surface area contributed by atoms with Gasteiger partial charge in [-0.1, -0.05) is 0 Å². The van der Waals surface area contributed by atoms with E-state index in [2.05, 4.69) is 0 Å². The van der Waals surface area contributed by atoms with Gasteiger partial charge >= 0.3 is 5.97 Å². The topological polar surface area (TPSA) is 46.6 Å². The Bertz CT molecular complexity index is 663. The van der Waals surface area contributed by atoms with Gasteiger partial charge in [-0.15, -0.1) is 0 Å². The number of carbonyl (C=O) groups excluding carboxylic acids is 2. The lowest BCUT2D eigenvalue weighted by molar-refractivity contribution is -0.146. The van der Waals surface area contributed by atoms with Crippen molar-refractivity contribution in [2.24, 2.45) is 11.8 Å². The Morgan fingerprint density at radius 3 is 2.73 bits per heavy atom. The number of rotatable bonds is 3. The first-order chi connectivity index (χ1) is 10.4. The third-order valence-corrected chi connectivity index (χ3v) is 4.50. The van der Waals surface area contributed by atoms with E-state index in [1.807, 2.05) is 0 Å². The molecule has 4 nitrogen and oxygen atoms in total. The molecule has 3 rings (SSSR count). The van der Waals surface area contributed by atoms with Crippen LogP contribution >= 0.6 is 0 Å². The number of hydrogen-bond acceptors (Lipinski definition) is 3. The van der Waals surface area contributed by atoms with Crippen molar-refractivity contribution in [1.82, 2.24) is 0 Å². The van der Waals surface area contributed by atoms with E-state index in [-0.39, 0.29) is 12.2 Å². The average Bonchev–Trinajstić information content (AvgIpc) is 3.12. The fraction of sp³-hybridized carbons (Fsp3) is 0.467. The molecular weight excluding hydrogens is 299 g/mol. The molecule has 0 saturated heterocycles. The Kier molecular flexibility index (Phi) is 3.19. The third-order valence-electron chi connectivity index (χ3n) is 4.50. The molecule has 1 amide bonds. The first kappa shape index (κ1) is 14.9. The summed E-state index contributed by atoms with van der Waals surface area (Å²) in [6.45, 7) is 1.59. The van der Waals surface area contributed by atoms with Crippen molar-refractivity contribution in [3.05, 3.63) is 29.6 Å². The van der Waals surface area contributed by atoms with Crippen molar-refractivity contribution in [3.8, 4) is 0 Å². The van der Waals surface area contributed by atoms with Crippen LogP contribution in [0.2, 0.25) is 0 Å². The number of likely N-dealkylation sites (N-methyl/N-ethyl adjacent to an activating group) is 1. The molecule has 0 aromatic heterocycles. The van der Waals surface area contributed by atoms with Crippen molar-refractivity contribution >= 4 is 17.6 Å². The minimum absolute atomic E-state index is 0.0292. The van der Waals surface area contributed by atoms with Crippen LogP contribution in [0.5, 0.6) is 0 Å². The number of ether oxygens (including phenoxy) is 1. The van der Waals surface area contributed by atoms with E-state index < -0.39 is 41.4 Å². The van der Waals surface area contributed by atoms with E-state index in [0.29, 0.717) is 5.69 Å².